The Bertz CT molecular complexity index is 629. The SMILES string of the molecule is Sc1nnc(NCCCOc2cccc(CN3CCCCC3)c2)s1. The molecule has 24 heavy (non-hydrogen) atoms. The number of anilines is 1. The van der Waals surface area contributed by atoms with Crippen LogP contribution < -0.4 is 10.1 Å². The quantitative estimate of drug-likeness (QED) is 0.553. The molecule has 0 aliphatic carbocycles. The second-order valence-corrected chi connectivity index (χ2v) is 7.71. The first-order chi connectivity index (χ1) is 11.8. The van der Waals surface area contributed by atoms with Gasteiger partial charge in [-0.05, 0) is 50.0 Å². The lowest BCUT2D eigenvalue weighted by molar-refractivity contribution is 0.220. The Kier molecular flexibility index (Phi) is 6.75. The minimum absolute atomic E-state index is 0.680. The highest BCUT2D eigenvalue weighted by molar-refractivity contribution is 7.82. The van der Waals surface area contributed by atoms with E-state index >= 15 is 0 Å². The van der Waals surface area contributed by atoms with E-state index in [1.54, 1.807) is 0 Å². The van der Waals surface area contributed by atoms with Gasteiger partial charge in [0.05, 0.1) is 6.61 Å². The number of nitrogens with zero attached hydrogens (tertiary/aromatic N) is 3. The first-order valence-electron chi connectivity index (χ1n) is 8.50. The number of piperidine rings is 1. The number of hydrogen-bond donors (Lipinski definition) is 2. The first kappa shape index (κ1) is 17.5. The molecule has 1 saturated heterocycles. The third-order valence-electron chi connectivity index (χ3n) is 4.03. The maximum Gasteiger partial charge on any atom is 0.206 e. The first-order valence-corrected chi connectivity index (χ1v) is 9.76. The number of aromatic nitrogens is 2. The van der Waals surface area contributed by atoms with Crippen molar-refractivity contribution in [1.29, 1.82) is 0 Å². The molecule has 5 nitrogen and oxygen atoms in total. The average Bonchev–Trinajstić information content (AvgIpc) is 3.01. The van der Waals surface area contributed by atoms with Crippen LogP contribution in [0.2, 0.25) is 0 Å². The minimum atomic E-state index is 0.680. The summed E-state index contributed by atoms with van der Waals surface area (Å²) in [7, 11) is 0. The van der Waals surface area contributed by atoms with Crippen LogP contribution in [0.3, 0.4) is 0 Å². The van der Waals surface area contributed by atoms with Gasteiger partial charge in [-0.2, -0.15) is 0 Å². The fourth-order valence-corrected chi connectivity index (χ4v) is 3.67. The van der Waals surface area contributed by atoms with E-state index in [4.69, 9.17) is 4.74 Å². The third-order valence-corrected chi connectivity index (χ3v) is 5.08. The van der Waals surface area contributed by atoms with E-state index in [1.807, 2.05) is 6.07 Å². The highest BCUT2D eigenvalue weighted by Gasteiger charge is 2.10. The number of thiol groups is 1. The fourth-order valence-electron chi connectivity index (χ4n) is 2.85. The summed E-state index contributed by atoms with van der Waals surface area (Å²) in [6.45, 7) is 4.97. The molecular formula is C17H24N4OS2. The van der Waals surface area contributed by atoms with Gasteiger partial charge in [0.25, 0.3) is 0 Å². The van der Waals surface area contributed by atoms with Crippen molar-refractivity contribution in [1.82, 2.24) is 15.1 Å². The van der Waals surface area contributed by atoms with Gasteiger partial charge < -0.3 is 10.1 Å². The number of ether oxygens (including phenoxy) is 1. The lowest BCUT2D eigenvalue weighted by Crippen LogP contribution is -2.29. The Morgan fingerprint density at radius 2 is 2.08 bits per heavy atom. The van der Waals surface area contributed by atoms with Crippen molar-refractivity contribution in [3.63, 3.8) is 0 Å². The van der Waals surface area contributed by atoms with Crippen molar-refractivity contribution >= 4 is 29.1 Å². The molecule has 0 unspecified atom stereocenters. The summed E-state index contributed by atoms with van der Waals surface area (Å²) in [6, 6.07) is 8.47. The summed E-state index contributed by atoms with van der Waals surface area (Å²) in [6.07, 6.45) is 4.94. The Labute approximate surface area is 152 Å². The van der Waals surface area contributed by atoms with Crippen LogP contribution in [-0.4, -0.2) is 41.3 Å². The molecule has 0 saturated carbocycles. The standard InChI is InChI=1S/C17H24N4OS2/c23-17-20-19-16(24-17)18-8-5-11-22-15-7-4-6-14(12-15)13-21-9-2-1-3-10-21/h4,6-7,12H,1-3,5,8-11,13H2,(H,18,19)(H,20,23). The van der Waals surface area contributed by atoms with Crippen molar-refractivity contribution in [2.45, 2.75) is 36.6 Å². The second kappa shape index (κ2) is 9.25. The molecule has 1 aliphatic rings. The maximum atomic E-state index is 5.87. The van der Waals surface area contributed by atoms with Gasteiger partial charge in [-0.1, -0.05) is 29.9 Å². The van der Waals surface area contributed by atoms with Crippen LogP contribution >= 0.6 is 24.0 Å². The van der Waals surface area contributed by atoms with Crippen LogP contribution in [0.5, 0.6) is 5.75 Å². The predicted molar refractivity (Wildman–Crippen MR) is 101 cm³/mol. The van der Waals surface area contributed by atoms with Gasteiger partial charge in [-0.15, -0.1) is 22.8 Å². The highest BCUT2D eigenvalue weighted by Crippen LogP contribution is 2.19. The highest BCUT2D eigenvalue weighted by atomic mass is 32.2. The van der Waals surface area contributed by atoms with E-state index in [0.717, 1.165) is 30.4 Å². The minimum Gasteiger partial charge on any atom is -0.494 e. The van der Waals surface area contributed by atoms with Gasteiger partial charge in [0.1, 0.15) is 5.75 Å². The fraction of sp³-hybridized carbons (Fsp3) is 0.529. The predicted octanol–water partition coefficient (Wildman–Crippen LogP) is 3.69. The van der Waals surface area contributed by atoms with Crippen LogP contribution in [0, 0.1) is 0 Å². The number of likely N-dealkylation sites (tertiary alicyclic amines) is 1. The number of nitrogens with one attached hydrogen (secondary N) is 1. The van der Waals surface area contributed by atoms with Crippen LogP contribution in [0.15, 0.2) is 28.6 Å². The monoisotopic (exact) mass is 364 g/mol. The Morgan fingerprint density at radius 1 is 1.21 bits per heavy atom. The molecule has 0 atom stereocenters. The van der Waals surface area contributed by atoms with Crippen molar-refractivity contribution in [2.24, 2.45) is 0 Å². The third kappa shape index (κ3) is 5.65. The van der Waals surface area contributed by atoms with Gasteiger partial charge in [-0.3, -0.25) is 4.90 Å². The van der Waals surface area contributed by atoms with E-state index in [-0.39, 0.29) is 0 Å². The van der Waals surface area contributed by atoms with E-state index in [9.17, 15) is 0 Å². The van der Waals surface area contributed by atoms with Crippen LogP contribution in [0.1, 0.15) is 31.2 Å². The normalized spacial score (nSPS) is 15.4. The number of hydrogen-bond acceptors (Lipinski definition) is 7. The maximum absolute atomic E-state index is 5.87. The summed E-state index contributed by atoms with van der Waals surface area (Å²) in [5.41, 5.74) is 1.34. The summed E-state index contributed by atoms with van der Waals surface area (Å²) in [5, 5.41) is 11.9. The zero-order valence-corrected chi connectivity index (χ0v) is 15.5. The largest absolute Gasteiger partial charge is 0.494 e. The van der Waals surface area contributed by atoms with Gasteiger partial charge in [0.2, 0.25) is 5.13 Å². The molecule has 1 fully saturated rings. The molecular weight excluding hydrogens is 340 g/mol. The summed E-state index contributed by atoms with van der Waals surface area (Å²) in [5.74, 6) is 0.957. The zero-order valence-electron chi connectivity index (χ0n) is 13.8. The van der Waals surface area contributed by atoms with Crippen molar-refractivity contribution in [3.05, 3.63) is 29.8 Å². The summed E-state index contributed by atoms with van der Waals surface area (Å²) >= 11 is 5.60. The molecule has 7 heteroatoms. The molecule has 2 heterocycles. The topological polar surface area (TPSA) is 50.3 Å². The van der Waals surface area contributed by atoms with Crippen LogP contribution in [-0.2, 0) is 6.54 Å². The number of rotatable bonds is 8. The molecule has 0 spiro atoms. The van der Waals surface area contributed by atoms with Gasteiger partial charge >= 0.3 is 0 Å². The smallest absolute Gasteiger partial charge is 0.206 e. The molecule has 1 aromatic heterocycles. The lowest BCUT2D eigenvalue weighted by Gasteiger charge is -2.26. The van der Waals surface area contributed by atoms with Crippen molar-refractivity contribution in [3.8, 4) is 5.75 Å². The van der Waals surface area contributed by atoms with E-state index in [1.165, 1.54) is 49.3 Å². The van der Waals surface area contributed by atoms with Crippen molar-refractivity contribution in [2.75, 3.05) is 31.6 Å². The molecule has 1 aliphatic heterocycles. The molecule has 1 aromatic carbocycles. The van der Waals surface area contributed by atoms with Gasteiger partial charge in [0.15, 0.2) is 4.34 Å². The van der Waals surface area contributed by atoms with Crippen LogP contribution in [0.25, 0.3) is 0 Å². The summed E-state index contributed by atoms with van der Waals surface area (Å²) in [4.78, 5) is 2.53. The molecule has 1 N–H and O–H groups in total. The van der Waals surface area contributed by atoms with Gasteiger partial charge in [0, 0.05) is 13.1 Å². The van der Waals surface area contributed by atoms with E-state index in [0.29, 0.717) is 10.9 Å². The van der Waals surface area contributed by atoms with E-state index in [2.05, 4.69) is 51.2 Å². The average molecular weight is 365 g/mol. The number of benzene rings is 1. The van der Waals surface area contributed by atoms with Crippen molar-refractivity contribution < 1.29 is 4.74 Å². The molecule has 0 bridgehead atoms. The molecule has 0 amide bonds. The van der Waals surface area contributed by atoms with E-state index < -0.39 is 0 Å². The molecule has 3 rings (SSSR count). The molecule has 0 radical (unpaired) electrons. The lowest BCUT2D eigenvalue weighted by atomic mass is 10.1. The molecule has 130 valence electrons. The molecule has 2 aromatic rings. The summed E-state index contributed by atoms with van der Waals surface area (Å²) < 4.78 is 6.55. The van der Waals surface area contributed by atoms with Crippen LogP contribution in [0.4, 0.5) is 5.13 Å². The Hall–Kier alpha value is -1.31. The zero-order chi connectivity index (χ0) is 16.6. The Morgan fingerprint density at radius 3 is 2.88 bits per heavy atom. The Balaban J connectivity index is 1.38. The van der Waals surface area contributed by atoms with Gasteiger partial charge in [-0.25, -0.2) is 0 Å². The second-order valence-electron chi connectivity index (χ2n) is 6.00.